The molecule has 0 saturated carbocycles. The van der Waals surface area contributed by atoms with E-state index in [0.717, 1.165) is 23.3 Å². The quantitative estimate of drug-likeness (QED) is 0.654. The van der Waals surface area contributed by atoms with Crippen LogP contribution in [0.1, 0.15) is 13.3 Å². The van der Waals surface area contributed by atoms with E-state index in [1.165, 1.54) is 6.07 Å². The topological polar surface area (TPSA) is 55.2 Å². The minimum absolute atomic E-state index is 0.0105. The fourth-order valence-corrected chi connectivity index (χ4v) is 1.31. The Morgan fingerprint density at radius 3 is 2.87 bits per heavy atom. The number of rotatable bonds is 5. The summed E-state index contributed by atoms with van der Waals surface area (Å²) in [5.41, 5.74) is 0.534. The number of nitrogens with zero attached hydrogens (tertiary/aromatic N) is 3. The number of aromatic nitrogens is 2. The summed E-state index contributed by atoms with van der Waals surface area (Å²) in [6.45, 7) is 2.95. The number of aldehydes is 1. The summed E-state index contributed by atoms with van der Waals surface area (Å²) in [5, 5.41) is 3.90. The highest BCUT2D eigenvalue weighted by Crippen LogP contribution is 2.06. The molecule has 0 fully saturated rings. The van der Waals surface area contributed by atoms with Crippen molar-refractivity contribution in [1.82, 2.24) is 9.78 Å². The van der Waals surface area contributed by atoms with Gasteiger partial charge < -0.3 is 9.69 Å². The SMILES string of the molecule is CCCN(C)c1cnn(CC=O)c(=O)c1. The van der Waals surface area contributed by atoms with Gasteiger partial charge in [-0.3, -0.25) is 4.79 Å². The van der Waals surface area contributed by atoms with Crippen LogP contribution in [-0.4, -0.2) is 29.7 Å². The molecule has 1 aromatic rings. The van der Waals surface area contributed by atoms with Gasteiger partial charge in [-0.25, -0.2) is 4.68 Å². The molecule has 0 bridgehead atoms. The van der Waals surface area contributed by atoms with Crippen molar-refractivity contribution in [3.63, 3.8) is 0 Å². The third-order valence-corrected chi connectivity index (χ3v) is 2.10. The fourth-order valence-electron chi connectivity index (χ4n) is 1.31. The van der Waals surface area contributed by atoms with E-state index in [9.17, 15) is 9.59 Å². The van der Waals surface area contributed by atoms with Crippen molar-refractivity contribution in [2.45, 2.75) is 19.9 Å². The summed E-state index contributed by atoms with van der Waals surface area (Å²) in [6.07, 6.45) is 3.26. The lowest BCUT2D eigenvalue weighted by Crippen LogP contribution is -2.26. The Kier molecular flexibility index (Phi) is 4.03. The Balaban J connectivity index is 2.90. The highest BCUT2D eigenvalue weighted by Gasteiger charge is 2.03. The van der Waals surface area contributed by atoms with Crippen LogP contribution in [0.15, 0.2) is 17.1 Å². The van der Waals surface area contributed by atoms with E-state index in [2.05, 4.69) is 12.0 Å². The van der Waals surface area contributed by atoms with Gasteiger partial charge >= 0.3 is 0 Å². The van der Waals surface area contributed by atoms with Crippen molar-refractivity contribution in [2.75, 3.05) is 18.5 Å². The standard InChI is InChI=1S/C10H15N3O2/c1-3-4-12(2)9-7-10(15)13(5-6-14)11-8-9/h6-8H,3-5H2,1-2H3. The normalized spacial score (nSPS) is 10.0. The summed E-state index contributed by atoms with van der Waals surface area (Å²) in [7, 11) is 1.91. The van der Waals surface area contributed by atoms with E-state index in [1.54, 1.807) is 6.20 Å². The summed E-state index contributed by atoms with van der Waals surface area (Å²) in [4.78, 5) is 23.6. The van der Waals surface area contributed by atoms with Crippen molar-refractivity contribution >= 4 is 12.0 Å². The van der Waals surface area contributed by atoms with Gasteiger partial charge in [0, 0.05) is 19.7 Å². The monoisotopic (exact) mass is 209 g/mol. The zero-order valence-corrected chi connectivity index (χ0v) is 9.01. The molecule has 1 aromatic heterocycles. The molecule has 82 valence electrons. The average Bonchev–Trinajstić information content (AvgIpc) is 2.21. The van der Waals surface area contributed by atoms with Crippen LogP contribution < -0.4 is 10.5 Å². The third-order valence-electron chi connectivity index (χ3n) is 2.10. The molecule has 0 spiro atoms. The van der Waals surface area contributed by atoms with E-state index in [0.29, 0.717) is 6.29 Å². The van der Waals surface area contributed by atoms with Crippen LogP contribution in [0, 0.1) is 0 Å². The van der Waals surface area contributed by atoms with Crippen LogP contribution in [0.5, 0.6) is 0 Å². The van der Waals surface area contributed by atoms with Crippen LogP contribution >= 0.6 is 0 Å². The van der Waals surface area contributed by atoms with Gasteiger partial charge in [-0.05, 0) is 6.42 Å². The number of carbonyl (C=O) groups is 1. The first-order valence-corrected chi connectivity index (χ1v) is 4.91. The lowest BCUT2D eigenvalue weighted by Gasteiger charge is -2.17. The minimum Gasteiger partial charge on any atom is -0.373 e. The highest BCUT2D eigenvalue weighted by molar-refractivity contribution is 5.49. The lowest BCUT2D eigenvalue weighted by atomic mass is 10.3. The number of hydrogen-bond acceptors (Lipinski definition) is 4. The van der Waals surface area contributed by atoms with Gasteiger partial charge in [0.05, 0.1) is 11.9 Å². The summed E-state index contributed by atoms with van der Waals surface area (Å²) in [5.74, 6) is 0. The molecular formula is C10H15N3O2. The Bertz CT molecular complexity index is 386. The molecule has 0 amide bonds. The average molecular weight is 209 g/mol. The maximum absolute atomic E-state index is 11.5. The minimum atomic E-state index is -0.248. The first-order valence-electron chi connectivity index (χ1n) is 4.91. The molecule has 0 aliphatic rings. The van der Waals surface area contributed by atoms with Gasteiger partial charge in [0.25, 0.3) is 5.56 Å². The molecule has 0 atom stereocenters. The smallest absolute Gasteiger partial charge is 0.269 e. The van der Waals surface area contributed by atoms with Crippen LogP contribution in [-0.2, 0) is 11.3 Å². The Hall–Kier alpha value is -1.65. The molecular weight excluding hydrogens is 194 g/mol. The van der Waals surface area contributed by atoms with E-state index in [1.807, 2.05) is 11.9 Å². The zero-order valence-electron chi connectivity index (χ0n) is 9.01. The molecule has 0 saturated heterocycles. The second-order valence-electron chi connectivity index (χ2n) is 3.32. The predicted octanol–water partition coefficient (Wildman–Crippen LogP) is 0.288. The maximum Gasteiger partial charge on any atom is 0.269 e. The Morgan fingerprint density at radius 1 is 1.60 bits per heavy atom. The van der Waals surface area contributed by atoms with Crippen LogP contribution in [0.25, 0.3) is 0 Å². The van der Waals surface area contributed by atoms with Crippen molar-refractivity contribution in [2.24, 2.45) is 0 Å². The Labute approximate surface area is 88.3 Å². The van der Waals surface area contributed by atoms with Gasteiger partial charge in [-0.2, -0.15) is 5.10 Å². The van der Waals surface area contributed by atoms with Crippen LogP contribution in [0.3, 0.4) is 0 Å². The molecule has 1 rings (SSSR count). The summed E-state index contributed by atoms with van der Waals surface area (Å²) < 4.78 is 1.14. The Morgan fingerprint density at radius 2 is 2.33 bits per heavy atom. The van der Waals surface area contributed by atoms with Crippen LogP contribution in [0.2, 0.25) is 0 Å². The number of hydrogen-bond donors (Lipinski definition) is 0. The van der Waals surface area contributed by atoms with Gasteiger partial charge in [0.2, 0.25) is 0 Å². The van der Waals surface area contributed by atoms with Gasteiger partial charge in [0.1, 0.15) is 12.8 Å². The van der Waals surface area contributed by atoms with Crippen molar-refractivity contribution in [3.05, 3.63) is 22.6 Å². The van der Waals surface area contributed by atoms with Crippen molar-refractivity contribution in [1.29, 1.82) is 0 Å². The van der Waals surface area contributed by atoms with E-state index < -0.39 is 0 Å². The molecule has 0 aliphatic heterocycles. The molecule has 5 heteroatoms. The molecule has 0 N–H and O–H groups in total. The first-order chi connectivity index (χ1) is 7.19. The number of carbonyl (C=O) groups excluding carboxylic acids is 1. The zero-order chi connectivity index (χ0) is 11.3. The molecule has 5 nitrogen and oxygen atoms in total. The summed E-state index contributed by atoms with van der Waals surface area (Å²) >= 11 is 0. The second kappa shape index (κ2) is 5.29. The molecule has 1 heterocycles. The highest BCUT2D eigenvalue weighted by atomic mass is 16.1. The molecule has 0 radical (unpaired) electrons. The van der Waals surface area contributed by atoms with Gasteiger partial charge in [-0.15, -0.1) is 0 Å². The maximum atomic E-state index is 11.5. The van der Waals surface area contributed by atoms with Crippen LogP contribution in [0.4, 0.5) is 5.69 Å². The molecule has 0 aromatic carbocycles. The number of anilines is 1. The fraction of sp³-hybridized carbons (Fsp3) is 0.500. The van der Waals surface area contributed by atoms with E-state index in [4.69, 9.17) is 0 Å². The molecule has 15 heavy (non-hydrogen) atoms. The second-order valence-corrected chi connectivity index (χ2v) is 3.32. The van der Waals surface area contributed by atoms with Crippen molar-refractivity contribution in [3.8, 4) is 0 Å². The third kappa shape index (κ3) is 2.90. The molecule has 0 aliphatic carbocycles. The first kappa shape index (κ1) is 11.4. The lowest BCUT2D eigenvalue weighted by molar-refractivity contribution is -0.108. The van der Waals surface area contributed by atoms with E-state index in [-0.39, 0.29) is 12.1 Å². The largest absolute Gasteiger partial charge is 0.373 e. The van der Waals surface area contributed by atoms with Gasteiger partial charge in [0.15, 0.2) is 0 Å². The predicted molar refractivity (Wildman–Crippen MR) is 58.1 cm³/mol. The summed E-state index contributed by atoms with van der Waals surface area (Å²) in [6, 6.07) is 1.49. The van der Waals surface area contributed by atoms with Crippen molar-refractivity contribution < 1.29 is 4.79 Å². The van der Waals surface area contributed by atoms with Gasteiger partial charge in [-0.1, -0.05) is 6.92 Å². The van der Waals surface area contributed by atoms with E-state index >= 15 is 0 Å². The molecule has 0 unspecified atom stereocenters.